The van der Waals surface area contributed by atoms with E-state index in [1.54, 1.807) is 6.07 Å². The van der Waals surface area contributed by atoms with E-state index in [0.29, 0.717) is 5.69 Å². The van der Waals surface area contributed by atoms with E-state index in [9.17, 15) is 0 Å². The lowest BCUT2D eigenvalue weighted by Crippen LogP contribution is -2.14. The van der Waals surface area contributed by atoms with E-state index in [-0.39, 0.29) is 5.82 Å². The number of anilines is 6. The molecule has 12 aromatic rings. The first kappa shape index (κ1) is 40.1. The van der Waals surface area contributed by atoms with Crippen molar-refractivity contribution in [2.75, 3.05) is 9.80 Å². The molecule has 5 heteroatoms. The van der Waals surface area contributed by atoms with Crippen LogP contribution in [0.15, 0.2) is 253 Å². The van der Waals surface area contributed by atoms with Crippen molar-refractivity contribution < 1.29 is 13.5 Å². The Balaban J connectivity index is 0.896. The van der Waals surface area contributed by atoms with Crippen LogP contribution in [0.2, 0.25) is 0 Å². The molecule has 0 N–H and O–H groups in total. The van der Waals surface area contributed by atoms with Crippen molar-refractivity contribution in [3.8, 4) is 56.0 Å². The van der Waals surface area contributed by atoms with Crippen LogP contribution in [0, 0.1) is 5.82 Å². The summed E-state index contributed by atoms with van der Waals surface area (Å²) < 4.78 is 30.8. The molecule has 11 aromatic carbocycles. The average Bonchev–Trinajstić information content (AvgIpc) is 3.80. The largest absolute Gasteiger partial charge is 0.456 e. The lowest BCUT2D eigenvalue weighted by Gasteiger charge is -2.31. The van der Waals surface area contributed by atoms with Crippen LogP contribution in [0.25, 0.3) is 77.2 Å². The number of para-hydroxylation sites is 4. The van der Waals surface area contributed by atoms with E-state index in [0.717, 1.165) is 117 Å². The Morgan fingerprint density at radius 3 is 1.67 bits per heavy atom. The summed E-state index contributed by atoms with van der Waals surface area (Å²) in [7, 11) is 0. The average molecular weight is 889 g/mol. The molecule has 2 heterocycles. The third-order valence-corrected chi connectivity index (χ3v) is 13.3. The number of hydrogen-bond donors (Lipinski definition) is 0. The third-order valence-electron chi connectivity index (χ3n) is 13.3. The van der Waals surface area contributed by atoms with Crippen LogP contribution in [-0.2, 0) is 0 Å². The van der Waals surface area contributed by atoms with Crippen molar-refractivity contribution in [3.05, 3.63) is 255 Å². The SMILES string of the molecule is Fc1cc(-c2ccccc2)cc(-c2ccccc2)c1N(c1ccccc1)c1ccc2c3c(cccc13)Oc1cc(-c3ccc(N(c4ccccc4)c4cccc5c4oc4ccccc45)cc3)ccc1-2. The Labute approximate surface area is 399 Å². The molecule has 0 amide bonds. The molecule has 0 saturated heterocycles. The van der Waals surface area contributed by atoms with Gasteiger partial charge in [0.2, 0.25) is 0 Å². The second-order valence-corrected chi connectivity index (χ2v) is 17.4. The summed E-state index contributed by atoms with van der Waals surface area (Å²) in [5.41, 5.74) is 14.5. The van der Waals surface area contributed by atoms with Gasteiger partial charge < -0.3 is 19.0 Å². The van der Waals surface area contributed by atoms with Gasteiger partial charge >= 0.3 is 0 Å². The molecule has 0 atom stereocenters. The van der Waals surface area contributed by atoms with Gasteiger partial charge in [-0.1, -0.05) is 164 Å². The molecule has 13 rings (SSSR count). The van der Waals surface area contributed by atoms with Gasteiger partial charge in [-0.2, -0.15) is 0 Å². The summed E-state index contributed by atoms with van der Waals surface area (Å²) in [4.78, 5) is 4.32. The fourth-order valence-corrected chi connectivity index (χ4v) is 10.1. The van der Waals surface area contributed by atoms with Crippen molar-refractivity contribution in [1.82, 2.24) is 0 Å². The zero-order valence-corrected chi connectivity index (χ0v) is 37.3. The molecule has 1 aliphatic heterocycles. The number of fused-ring (bicyclic) bond motifs is 5. The van der Waals surface area contributed by atoms with Crippen LogP contribution in [0.3, 0.4) is 0 Å². The van der Waals surface area contributed by atoms with Gasteiger partial charge in [0.1, 0.15) is 22.9 Å². The van der Waals surface area contributed by atoms with E-state index in [1.165, 1.54) is 0 Å². The van der Waals surface area contributed by atoms with Crippen LogP contribution in [0.5, 0.6) is 11.5 Å². The predicted molar refractivity (Wildman–Crippen MR) is 282 cm³/mol. The highest BCUT2D eigenvalue weighted by Gasteiger charge is 2.28. The van der Waals surface area contributed by atoms with Crippen LogP contribution >= 0.6 is 0 Å². The second kappa shape index (κ2) is 16.6. The molecule has 1 aromatic heterocycles. The Bertz CT molecular complexity index is 3870. The zero-order chi connectivity index (χ0) is 45.8. The molecule has 0 aliphatic carbocycles. The van der Waals surface area contributed by atoms with Gasteiger partial charge in [0.05, 0.1) is 17.1 Å². The topological polar surface area (TPSA) is 28.9 Å². The van der Waals surface area contributed by atoms with Gasteiger partial charge in [-0.25, -0.2) is 4.39 Å². The normalized spacial score (nSPS) is 11.7. The number of halogens is 1. The van der Waals surface area contributed by atoms with Gasteiger partial charge in [-0.05, 0) is 118 Å². The minimum atomic E-state index is -0.321. The zero-order valence-electron chi connectivity index (χ0n) is 37.3. The standard InChI is InChI=1S/C64H41FN2O2/c65-56-40-46(42-17-5-1-6-18-42)39-55(44-19-7-2-8-20-44)63(56)67(48-23-11-4-12-24-48)57-38-37-52-51-36-33-45(41-61(51)68-60-30-16-27-54(57)62(52)60)43-31-34-49(35-32-43)66(47-21-9-3-10-22-47)58-28-15-26-53-50-25-13-14-29-59(50)69-64(53)58/h1-41H. The summed E-state index contributed by atoms with van der Waals surface area (Å²) in [5, 5.41) is 4.10. The van der Waals surface area contributed by atoms with Gasteiger partial charge in [-0.3, -0.25) is 0 Å². The Kier molecular flexibility index (Phi) is 9.65. The predicted octanol–water partition coefficient (Wildman–Crippen LogP) is 18.6. The van der Waals surface area contributed by atoms with Crippen molar-refractivity contribution in [3.63, 3.8) is 0 Å². The number of benzene rings is 11. The van der Waals surface area contributed by atoms with Crippen LogP contribution in [0.1, 0.15) is 0 Å². The maximum atomic E-state index is 17.4. The van der Waals surface area contributed by atoms with Crippen molar-refractivity contribution in [2.24, 2.45) is 0 Å². The lowest BCUT2D eigenvalue weighted by molar-refractivity contribution is 0.487. The summed E-state index contributed by atoms with van der Waals surface area (Å²) in [6.45, 7) is 0. The van der Waals surface area contributed by atoms with Crippen LogP contribution < -0.4 is 14.5 Å². The molecule has 4 nitrogen and oxygen atoms in total. The minimum Gasteiger partial charge on any atom is -0.456 e. The van der Waals surface area contributed by atoms with Crippen LogP contribution in [0.4, 0.5) is 38.5 Å². The highest BCUT2D eigenvalue weighted by molar-refractivity contribution is 6.12. The fraction of sp³-hybridized carbons (Fsp3) is 0. The fourth-order valence-electron chi connectivity index (χ4n) is 10.1. The monoisotopic (exact) mass is 888 g/mol. The van der Waals surface area contributed by atoms with Crippen molar-refractivity contribution in [2.45, 2.75) is 0 Å². The molecule has 0 unspecified atom stereocenters. The van der Waals surface area contributed by atoms with Crippen molar-refractivity contribution >= 4 is 66.8 Å². The lowest BCUT2D eigenvalue weighted by atomic mass is 9.91. The van der Waals surface area contributed by atoms with Crippen LogP contribution in [-0.4, -0.2) is 0 Å². The molecular formula is C64H41FN2O2. The molecule has 69 heavy (non-hydrogen) atoms. The second-order valence-electron chi connectivity index (χ2n) is 17.4. The first-order valence-electron chi connectivity index (χ1n) is 23.2. The molecule has 0 saturated carbocycles. The van der Waals surface area contributed by atoms with Gasteiger partial charge in [0, 0.05) is 49.7 Å². The molecular weight excluding hydrogens is 848 g/mol. The molecule has 0 fully saturated rings. The van der Waals surface area contributed by atoms with Gasteiger partial charge in [-0.15, -0.1) is 0 Å². The van der Waals surface area contributed by atoms with Gasteiger partial charge in [0.15, 0.2) is 5.58 Å². The maximum absolute atomic E-state index is 17.4. The van der Waals surface area contributed by atoms with E-state index in [1.807, 2.05) is 121 Å². The molecule has 0 spiro atoms. The number of nitrogens with zero attached hydrogens (tertiary/aromatic N) is 2. The van der Waals surface area contributed by atoms with E-state index < -0.39 is 0 Å². The van der Waals surface area contributed by atoms with Crippen molar-refractivity contribution in [1.29, 1.82) is 0 Å². The first-order valence-corrected chi connectivity index (χ1v) is 23.2. The highest BCUT2D eigenvalue weighted by atomic mass is 19.1. The highest BCUT2D eigenvalue weighted by Crippen LogP contribution is 2.53. The van der Waals surface area contributed by atoms with E-state index in [4.69, 9.17) is 9.15 Å². The molecule has 326 valence electrons. The number of hydrogen-bond acceptors (Lipinski definition) is 4. The maximum Gasteiger partial charge on any atom is 0.159 e. The number of rotatable bonds is 9. The Hall–Kier alpha value is -9.19. The van der Waals surface area contributed by atoms with Gasteiger partial charge in [0.25, 0.3) is 0 Å². The Morgan fingerprint density at radius 1 is 0.333 bits per heavy atom. The quantitative estimate of drug-likeness (QED) is 0.144. The summed E-state index contributed by atoms with van der Waals surface area (Å²) in [6, 6.07) is 84.5. The molecule has 0 bridgehead atoms. The summed E-state index contributed by atoms with van der Waals surface area (Å²) in [5.74, 6) is 1.21. The minimum absolute atomic E-state index is 0.321. The summed E-state index contributed by atoms with van der Waals surface area (Å²) >= 11 is 0. The molecule has 0 radical (unpaired) electrons. The Morgan fingerprint density at radius 2 is 0.913 bits per heavy atom. The number of ether oxygens (including phenoxy) is 1. The third kappa shape index (κ3) is 6.90. The smallest absolute Gasteiger partial charge is 0.159 e. The summed E-state index contributed by atoms with van der Waals surface area (Å²) in [6.07, 6.45) is 0. The van der Waals surface area contributed by atoms with E-state index >= 15 is 4.39 Å². The number of furan rings is 1. The van der Waals surface area contributed by atoms with E-state index in [2.05, 4.69) is 131 Å². The first-order chi connectivity index (χ1) is 34.1. The molecule has 1 aliphatic rings.